The minimum absolute atomic E-state index is 0.0481. The number of nitrogens with zero attached hydrogens (tertiary/aromatic N) is 1. The molecule has 2 aliphatic rings. The van der Waals surface area contributed by atoms with Crippen LogP contribution in [-0.2, 0) is 12.8 Å². The molecule has 0 spiro atoms. The molecule has 0 unspecified atom stereocenters. The van der Waals surface area contributed by atoms with Gasteiger partial charge in [-0.1, -0.05) is 20.8 Å². The number of hydrogen-bond donors (Lipinski definition) is 2. The van der Waals surface area contributed by atoms with Crippen molar-refractivity contribution in [2.24, 2.45) is 22.1 Å². The van der Waals surface area contributed by atoms with Crippen LogP contribution in [0.25, 0.3) is 0 Å². The Labute approximate surface area is 117 Å². The topological polar surface area (TPSA) is 88.3 Å². The number of hydrogen-bond acceptors (Lipinski definition) is 3. The number of pyridine rings is 1. The van der Waals surface area contributed by atoms with E-state index in [2.05, 4.69) is 30.7 Å². The first-order chi connectivity index (χ1) is 9.29. The molecule has 5 nitrogen and oxygen atoms in total. The van der Waals surface area contributed by atoms with Crippen LogP contribution >= 0.6 is 0 Å². The molecule has 1 aromatic rings. The van der Waals surface area contributed by atoms with E-state index in [1.165, 1.54) is 0 Å². The SMILES string of the molecule is CC(C)(C)[C@H]1CCc2[nH]c(=O)c3c(c2C1)C(=O)N=C3N. The second-order valence-electron chi connectivity index (χ2n) is 6.77. The molecule has 3 rings (SSSR count). The minimum atomic E-state index is -0.366. The largest absolute Gasteiger partial charge is 0.383 e. The molecule has 1 aliphatic heterocycles. The third kappa shape index (κ3) is 1.80. The van der Waals surface area contributed by atoms with Crippen LogP contribution in [0.4, 0.5) is 0 Å². The molecule has 2 heterocycles. The molecule has 1 amide bonds. The number of aromatic nitrogens is 1. The molecular formula is C15H19N3O2. The lowest BCUT2D eigenvalue weighted by molar-refractivity contribution is 0.100. The van der Waals surface area contributed by atoms with Crippen LogP contribution in [0.3, 0.4) is 0 Å². The number of aliphatic imine (C=N–C) groups is 1. The molecule has 0 fully saturated rings. The highest BCUT2D eigenvalue weighted by atomic mass is 16.2. The van der Waals surface area contributed by atoms with Crippen molar-refractivity contribution in [1.29, 1.82) is 0 Å². The molecule has 1 aliphatic carbocycles. The fourth-order valence-electron chi connectivity index (χ4n) is 3.24. The summed E-state index contributed by atoms with van der Waals surface area (Å²) in [5, 5.41) is 0. The van der Waals surface area contributed by atoms with Crippen LogP contribution in [0.2, 0.25) is 0 Å². The Morgan fingerprint density at radius 3 is 2.60 bits per heavy atom. The van der Waals surface area contributed by atoms with Crippen LogP contribution in [0, 0.1) is 11.3 Å². The molecule has 0 saturated heterocycles. The number of carbonyl (C=O) groups is 1. The molecule has 20 heavy (non-hydrogen) atoms. The lowest BCUT2D eigenvalue weighted by Crippen LogP contribution is -2.32. The summed E-state index contributed by atoms with van der Waals surface area (Å²) < 4.78 is 0. The number of nitrogens with two attached hydrogens (primary N) is 1. The van der Waals surface area contributed by atoms with Gasteiger partial charge in [-0.25, -0.2) is 0 Å². The predicted octanol–water partition coefficient (Wildman–Crippen LogP) is 1.39. The van der Waals surface area contributed by atoms with Crippen molar-refractivity contribution in [3.63, 3.8) is 0 Å². The van der Waals surface area contributed by atoms with Gasteiger partial charge in [0.2, 0.25) is 0 Å². The summed E-state index contributed by atoms with van der Waals surface area (Å²) in [6, 6.07) is 0. The second-order valence-corrected chi connectivity index (χ2v) is 6.77. The summed E-state index contributed by atoms with van der Waals surface area (Å²) in [4.78, 5) is 30.7. The van der Waals surface area contributed by atoms with E-state index in [4.69, 9.17) is 5.73 Å². The normalized spacial score (nSPS) is 21.4. The Hall–Kier alpha value is -1.91. The number of fused-ring (bicyclic) bond motifs is 3. The summed E-state index contributed by atoms with van der Waals surface area (Å²) in [5.74, 6) is 0.168. The summed E-state index contributed by atoms with van der Waals surface area (Å²) in [5.41, 5.74) is 8.12. The monoisotopic (exact) mass is 273 g/mol. The quantitative estimate of drug-likeness (QED) is 0.748. The molecule has 3 N–H and O–H groups in total. The van der Waals surface area contributed by atoms with Gasteiger partial charge in [-0.05, 0) is 36.2 Å². The van der Waals surface area contributed by atoms with E-state index >= 15 is 0 Å². The third-order valence-electron chi connectivity index (χ3n) is 4.52. The van der Waals surface area contributed by atoms with Gasteiger partial charge in [0.25, 0.3) is 11.5 Å². The Kier molecular flexibility index (Phi) is 2.64. The second kappa shape index (κ2) is 4.04. The van der Waals surface area contributed by atoms with Crippen molar-refractivity contribution in [1.82, 2.24) is 4.98 Å². The van der Waals surface area contributed by atoms with Gasteiger partial charge >= 0.3 is 0 Å². The van der Waals surface area contributed by atoms with Crippen molar-refractivity contribution in [2.75, 3.05) is 0 Å². The van der Waals surface area contributed by atoms with E-state index in [1.54, 1.807) is 0 Å². The summed E-state index contributed by atoms with van der Waals surface area (Å²) in [6.07, 6.45) is 2.62. The van der Waals surface area contributed by atoms with Crippen LogP contribution in [0.1, 0.15) is 54.4 Å². The van der Waals surface area contributed by atoms with E-state index in [0.717, 1.165) is 30.5 Å². The summed E-state index contributed by atoms with van der Waals surface area (Å²) >= 11 is 0. The smallest absolute Gasteiger partial charge is 0.280 e. The van der Waals surface area contributed by atoms with Crippen molar-refractivity contribution < 1.29 is 4.79 Å². The van der Waals surface area contributed by atoms with Gasteiger partial charge in [0.1, 0.15) is 5.84 Å². The number of aromatic amines is 1. The highest BCUT2D eigenvalue weighted by molar-refractivity contribution is 6.20. The molecule has 0 aromatic carbocycles. The Bertz CT molecular complexity index is 692. The maximum atomic E-state index is 12.0. The number of amides is 1. The number of H-pyrrole nitrogens is 1. The standard InChI is InChI=1S/C15H19N3O2/c1-15(2,3)7-4-5-9-8(6-7)10-11(14(20)17-9)12(16)18-13(10)19/h7H,4-6H2,1-3H3,(H,17,20)(H2,16,18,19)/t7-/m0/s1. The molecule has 1 aromatic heterocycles. The van der Waals surface area contributed by atoms with E-state index in [0.29, 0.717) is 11.5 Å². The molecule has 5 heteroatoms. The van der Waals surface area contributed by atoms with Gasteiger partial charge in [0.05, 0.1) is 11.1 Å². The van der Waals surface area contributed by atoms with Gasteiger partial charge in [-0.3, -0.25) is 9.59 Å². The van der Waals surface area contributed by atoms with Crippen LogP contribution in [0.15, 0.2) is 9.79 Å². The zero-order chi connectivity index (χ0) is 14.7. The zero-order valence-corrected chi connectivity index (χ0v) is 12.0. The Morgan fingerprint density at radius 2 is 1.95 bits per heavy atom. The van der Waals surface area contributed by atoms with Gasteiger partial charge in [-0.15, -0.1) is 0 Å². The first-order valence-electron chi connectivity index (χ1n) is 6.96. The molecular weight excluding hydrogens is 254 g/mol. The van der Waals surface area contributed by atoms with Gasteiger partial charge in [0.15, 0.2) is 0 Å². The van der Waals surface area contributed by atoms with E-state index in [-0.39, 0.29) is 28.3 Å². The van der Waals surface area contributed by atoms with Crippen molar-refractivity contribution in [2.45, 2.75) is 40.0 Å². The van der Waals surface area contributed by atoms with Crippen molar-refractivity contribution in [3.05, 3.63) is 32.7 Å². The van der Waals surface area contributed by atoms with Crippen LogP contribution in [0.5, 0.6) is 0 Å². The predicted molar refractivity (Wildman–Crippen MR) is 77.1 cm³/mol. The average molecular weight is 273 g/mol. The molecule has 0 saturated carbocycles. The number of rotatable bonds is 0. The van der Waals surface area contributed by atoms with Crippen LogP contribution in [-0.4, -0.2) is 16.7 Å². The average Bonchev–Trinajstić information content (AvgIpc) is 2.64. The maximum Gasteiger partial charge on any atom is 0.280 e. The van der Waals surface area contributed by atoms with E-state index in [1.807, 2.05) is 0 Å². The van der Waals surface area contributed by atoms with E-state index < -0.39 is 0 Å². The minimum Gasteiger partial charge on any atom is -0.383 e. The first kappa shape index (κ1) is 13.1. The number of aryl methyl sites for hydroxylation is 1. The summed E-state index contributed by atoms with van der Waals surface area (Å²) in [6.45, 7) is 6.63. The third-order valence-corrected chi connectivity index (χ3v) is 4.52. The maximum absolute atomic E-state index is 12.0. The highest BCUT2D eigenvalue weighted by Crippen LogP contribution is 2.38. The van der Waals surface area contributed by atoms with E-state index in [9.17, 15) is 9.59 Å². The van der Waals surface area contributed by atoms with Crippen molar-refractivity contribution >= 4 is 11.7 Å². The number of nitrogens with one attached hydrogen (secondary N) is 1. The Balaban J connectivity index is 2.17. The van der Waals surface area contributed by atoms with Gasteiger partial charge in [-0.2, -0.15) is 4.99 Å². The Morgan fingerprint density at radius 1 is 1.25 bits per heavy atom. The fraction of sp³-hybridized carbons (Fsp3) is 0.533. The molecule has 0 radical (unpaired) electrons. The summed E-state index contributed by atoms with van der Waals surface area (Å²) in [7, 11) is 0. The molecule has 106 valence electrons. The van der Waals surface area contributed by atoms with Crippen molar-refractivity contribution in [3.8, 4) is 0 Å². The zero-order valence-electron chi connectivity index (χ0n) is 12.0. The number of amidine groups is 1. The van der Waals surface area contributed by atoms with Crippen LogP contribution < -0.4 is 11.3 Å². The fourth-order valence-corrected chi connectivity index (χ4v) is 3.24. The lowest BCUT2D eigenvalue weighted by Gasteiger charge is -2.35. The first-order valence-corrected chi connectivity index (χ1v) is 6.96. The van der Waals surface area contributed by atoms with Gasteiger partial charge < -0.3 is 10.7 Å². The highest BCUT2D eigenvalue weighted by Gasteiger charge is 2.35. The number of carbonyl (C=O) groups excluding carboxylic acids is 1. The lowest BCUT2D eigenvalue weighted by atomic mass is 9.70. The molecule has 1 atom stereocenters. The molecule has 0 bridgehead atoms. The van der Waals surface area contributed by atoms with Gasteiger partial charge in [0, 0.05) is 5.69 Å².